The van der Waals surface area contributed by atoms with Gasteiger partial charge in [-0.15, -0.1) is 0 Å². The molecule has 8 heteroatoms. The van der Waals surface area contributed by atoms with Crippen LogP contribution >= 0.6 is 0 Å². The highest BCUT2D eigenvalue weighted by atomic mass is 32.2. The van der Waals surface area contributed by atoms with E-state index < -0.39 is 10.0 Å². The minimum atomic E-state index is -3.84. The molecule has 0 radical (unpaired) electrons. The van der Waals surface area contributed by atoms with E-state index in [9.17, 15) is 13.2 Å². The van der Waals surface area contributed by atoms with Crippen LogP contribution in [0.15, 0.2) is 65.7 Å². The van der Waals surface area contributed by atoms with Crippen molar-refractivity contribution < 1.29 is 17.9 Å². The van der Waals surface area contributed by atoms with Crippen LogP contribution < -0.4 is 14.8 Å². The fourth-order valence-corrected chi connectivity index (χ4v) is 4.19. The third-order valence-electron chi connectivity index (χ3n) is 4.33. The Balaban J connectivity index is 1.82. The lowest BCUT2D eigenvalue weighted by Crippen LogP contribution is -2.17. The van der Waals surface area contributed by atoms with Crippen LogP contribution in [0.5, 0.6) is 5.75 Å². The van der Waals surface area contributed by atoms with E-state index in [1.54, 1.807) is 73.3 Å². The zero-order valence-corrected chi connectivity index (χ0v) is 17.3. The van der Waals surface area contributed by atoms with Gasteiger partial charge in [0.25, 0.3) is 15.9 Å². The number of rotatable bonds is 7. The Bertz CT molecular complexity index is 1120. The summed E-state index contributed by atoms with van der Waals surface area (Å²) in [5.74, 6) is 0.348. The summed E-state index contributed by atoms with van der Waals surface area (Å²) >= 11 is 0. The monoisotopic (exact) mass is 413 g/mol. The number of amides is 1. The molecule has 7 nitrogen and oxygen atoms in total. The van der Waals surface area contributed by atoms with Crippen molar-refractivity contribution in [2.75, 3.05) is 16.6 Å². The largest absolute Gasteiger partial charge is 0.494 e. The van der Waals surface area contributed by atoms with E-state index in [1.165, 1.54) is 6.07 Å². The fourth-order valence-electron chi connectivity index (χ4n) is 2.86. The number of aromatic nitrogens is 1. The van der Waals surface area contributed by atoms with E-state index in [-0.39, 0.29) is 10.8 Å². The van der Waals surface area contributed by atoms with Crippen LogP contribution in [0.3, 0.4) is 0 Å². The molecule has 2 aromatic carbocycles. The molecule has 1 amide bonds. The number of nitrogens with one attached hydrogen (secondary N) is 2. The number of anilines is 2. The first-order valence-corrected chi connectivity index (χ1v) is 10.6. The molecule has 0 saturated carbocycles. The molecule has 0 spiro atoms. The van der Waals surface area contributed by atoms with E-state index in [4.69, 9.17) is 4.74 Å². The van der Waals surface area contributed by atoms with Gasteiger partial charge in [-0.1, -0.05) is 6.07 Å². The highest BCUT2D eigenvalue weighted by Gasteiger charge is 2.19. The second-order valence-corrected chi connectivity index (χ2v) is 8.15. The molecule has 0 saturated heterocycles. The third kappa shape index (κ3) is 4.78. The molecule has 0 unspecified atom stereocenters. The Labute approximate surface area is 170 Å². The molecule has 2 N–H and O–H groups in total. The maximum absolute atomic E-state index is 12.9. The molecular weight excluding hydrogens is 390 g/mol. The minimum Gasteiger partial charge on any atom is -0.494 e. The maximum Gasteiger partial charge on any atom is 0.272 e. The summed E-state index contributed by atoms with van der Waals surface area (Å²) in [4.78, 5) is 12.5. The summed E-state index contributed by atoms with van der Waals surface area (Å²) < 4.78 is 35.4. The number of carbonyl (C=O) groups excluding carboxylic acids is 1. The first kappa shape index (κ1) is 20.5. The van der Waals surface area contributed by atoms with Crippen LogP contribution in [0, 0.1) is 6.92 Å². The van der Waals surface area contributed by atoms with Crippen LogP contribution in [-0.2, 0) is 17.1 Å². The molecule has 0 aliphatic rings. The number of nitrogens with zero attached hydrogens (tertiary/aromatic N) is 1. The average molecular weight is 413 g/mol. The second kappa shape index (κ2) is 8.40. The molecule has 29 heavy (non-hydrogen) atoms. The number of sulfonamides is 1. The van der Waals surface area contributed by atoms with Crippen molar-refractivity contribution in [1.82, 2.24) is 4.57 Å². The summed E-state index contributed by atoms with van der Waals surface area (Å²) in [6.07, 6.45) is 1.76. The van der Waals surface area contributed by atoms with E-state index >= 15 is 0 Å². The van der Waals surface area contributed by atoms with Crippen molar-refractivity contribution in [2.45, 2.75) is 18.7 Å². The minimum absolute atomic E-state index is 0.0936. The first-order valence-electron chi connectivity index (χ1n) is 9.09. The Kier molecular flexibility index (Phi) is 5.93. The van der Waals surface area contributed by atoms with Crippen molar-refractivity contribution in [3.8, 4) is 5.75 Å². The van der Waals surface area contributed by atoms with Crippen molar-refractivity contribution >= 4 is 27.3 Å². The molecule has 3 rings (SSSR count). The van der Waals surface area contributed by atoms with Gasteiger partial charge in [0.05, 0.1) is 11.5 Å². The van der Waals surface area contributed by atoms with Gasteiger partial charge in [0.1, 0.15) is 11.4 Å². The molecule has 3 aromatic rings. The van der Waals surface area contributed by atoms with Gasteiger partial charge in [0, 0.05) is 24.6 Å². The topological polar surface area (TPSA) is 89.4 Å². The molecule has 1 heterocycles. The normalized spacial score (nSPS) is 11.1. The average Bonchev–Trinajstić information content (AvgIpc) is 3.11. The van der Waals surface area contributed by atoms with Gasteiger partial charge in [-0.25, -0.2) is 8.42 Å². The maximum atomic E-state index is 12.9. The fraction of sp³-hybridized carbons (Fsp3) is 0.190. The van der Waals surface area contributed by atoms with Crippen molar-refractivity contribution in [1.29, 1.82) is 0 Å². The van der Waals surface area contributed by atoms with Gasteiger partial charge >= 0.3 is 0 Å². The Morgan fingerprint density at radius 1 is 1.07 bits per heavy atom. The number of hydrogen-bond acceptors (Lipinski definition) is 4. The summed E-state index contributed by atoms with van der Waals surface area (Å²) in [7, 11) is -2.07. The van der Waals surface area contributed by atoms with Crippen molar-refractivity contribution in [3.05, 3.63) is 72.1 Å². The number of hydrogen-bond donors (Lipinski definition) is 2. The van der Waals surface area contributed by atoms with Gasteiger partial charge < -0.3 is 14.6 Å². The summed E-state index contributed by atoms with van der Waals surface area (Å²) in [5, 5.41) is 2.74. The summed E-state index contributed by atoms with van der Waals surface area (Å²) in [6.45, 7) is 4.12. The van der Waals surface area contributed by atoms with E-state index in [0.717, 1.165) is 0 Å². The quantitative estimate of drug-likeness (QED) is 0.617. The van der Waals surface area contributed by atoms with Crippen LogP contribution in [0.4, 0.5) is 11.4 Å². The zero-order chi connectivity index (χ0) is 21.0. The molecule has 0 fully saturated rings. The SMILES string of the molecule is CCOc1ccc(NS(=O)(=O)c2cc(NC(=O)c3cccn3C)ccc2C)cc1. The predicted octanol–water partition coefficient (Wildman–Crippen LogP) is 3.79. The lowest BCUT2D eigenvalue weighted by molar-refractivity contribution is 0.101. The van der Waals surface area contributed by atoms with Gasteiger partial charge in [0.2, 0.25) is 0 Å². The van der Waals surface area contributed by atoms with Crippen LogP contribution in [0.1, 0.15) is 23.0 Å². The molecule has 0 atom stereocenters. The molecule has 0 aliphatic carbocycles. The Hall–Kier alpha value is -3.26. The van der Waals surface area contributed by atoms with Gasteiger partial charge in [-0.3, -0.25) is 9.52 Å². The van der Waals surface area contributed by atoms with Gasteiger partial charge in [-0.05, 0) is 67.9 Å². The van der Waals surface area contributed by atoms with E-state index in [2.05, 4.69) is 10.0 Å². The molecule has 0 aliphatic heterocycles. The van der Waals surface area contributed by atoms with Gasteiger partial charge in [-0.2, -0.15) is 0 Å². The number of ether oxygens (including phenoxy) is 1. The number of carbonyl (C=O) groups is 1. The standard InChI is InChI=1S/C21H23N3O4S/c1-4-28-18-11-9-16(10-12-18)23-29(26,27)20-14-17(8-7-15(20)2)22-21(25)19-6-5-13-24(19)3/h5-14,23H,4H2,1-3H3,(H,22,25). The molecule has 1 aromatic heterocycles. The predicted molar refractivity (Wildman–Crippen MR) is 113 cm³/mol. The number of benzene rings is 2. The Morgan fingerprint density at radius 2 is 1.76 bits per heavy atom. The second-order valence-electron chi connectivity index (χ2n) is 6.50. The number of aryl methyl sites for hydroxylation is 2. The van der Waals surface area contributed by atoms with Crippen LogP contribution in [0.2, 0.25) is 0 Å². The molecule has 152 valence electrons. The summed E-state index contributed by atoms with van der Waals surface area (Å²) in [5.41, 5.74) is 1.86. The Morgan fingerprint density at radius 3 is 2.38 bits per heavy atom. The van der Waals surface area contributed by atoms with Crippen molar-refractivity contribution in [2.24, 2.45) is 7.05 Å². The van der Waals surface area contributed by atoms with Crippen LogP contribution in [-0.4, -0.2) is 25.5 Å². The molecular formula is C21H23N3O4S. The lowest BCUT2D eigenvalue weighted by Gasteiger charge is -2.13. The highest BCUT2D eigenvalue weighted by Crippen LogP contribution is 2.24. The van der Waals surface area contributed by atoms with E-state index in [1.807, 2.05) is 6.92 Å². The smallest absolute Gasteiger partial charge is 0.272 e. The third-order valence-corrected chi connectivity index (χ3v) is 5.85. The van der Waals surface area contributed by atoms with E-state index in [0.29, 0.717) is 35.0 Å². The molecule has 0 bridgehead atoms. The highest BCUT2D eigenvalue weighted by molar-refractivity contribution is 7.92. The zero-order valence-electron chi connectivity index (χ0n) is 16.5. The van der Waals surface area contributed by atoms with Crippen molar-refractivity contribution in [3.63, 3.8) is 0 Å². The van der Waals surface area contributed by atoms with Gasteiger partial charge in [0.15, 0.2) is 0 Å². The first-order chi connectivity index (χ1) is 13.8. The lowest BCUT2D eigenvalue weighted by atomic mass is 10.2. The van der Waals surface area contributed by atoms with Crippen LogP contribution in [0.25, 0.3) is 0 Å². The summed E-state index contributed by atoms with van der Waals surface area (Å²) in [6, 6.07) is 14.9.